The normalized spacial score (nSPS) is 21.3. The van der Waals surface area contributed by atoms with Gasteiger partial charge in [-0.05, 0) is 36.8 Å². The van der Waals surface area contributed by atoms with Crippen molar-refractivity contribution < 1.29 is 19.1 Å². The monoisotopic (exact) mass is 423 g/mol. The number of aromatic nitrogens is 2. The van der Waals surface area contributed by atoms with Crippen molar-refractivity contribution in [1.29, 1.82) is 0 Å². The number of ether oxygens (including phenoxy) is 2. The number of hydrogen-bond acceptors (Lipinski definition) is 7. The van der Waals surface area contributed by atoms with Crippen LogP contribution in [-0.4, -0.2) is 72.4 Å². The zero-order valence-corrected chi connectivity index (χ0v) is 17.1. The lowest BCUT2D eigenvalue weighted by Crippen LogP contribution is -2.57. The Morgan fingerprint density at radius 1 is 1.06 bits per heavy atom. The van der Waals surface area contributed by atoms with Crippen molar-refractivity contribution in [3.63, 3.8) is 0 Å². The molecule has 0 saturated carbocycles. The Kier molecular flexibility index (Phi) is 5.52. The van der Waals surface area contributed by atoms with Crippen LogP contribution in [0.15, 0.2) is 42.7 Å². The third kappa shape index (κ3) is 4.11. The number of nitrogens with one attached hydrogen (secondary N) is 1. The second kappa shape index (κ2) is 8.60. The molecule has 3 aliphatic rings. The van der Waals surface area contributed by atoms with Gasteiger partial charge in [-0.1, -0.05) is 0 Å². The highest BCUT2D eigenvalue weighted by Gasteiger charge is 2.37. The molecule has 162 valence electrons. The van der Waals surface area contributed by atoms with Crippen LogP contribution in [0.2, 0.25) is 0 Å². The average molecular weight is 423 g/mol. The van der Waals surface area contributed by atoms with Crippen LogP contribution in [0.4, 0.5) is 11.4 Å². The summed E-state index contributed by atoms with van der Waals surface area (Å²) < 4.78 is 11.3. The maximum Gasteiger partial charge on any atom is 0.237 e. The van der Waals surface area contributed by atoms with Crippen LogP contribution in [0.1, 0.15) is 6.42 Å². The first kappa shape index (κ1) is 19.9. The largest absolute Gasteiger partial charge is 0.487 e. The van der Waals surface area contributed by atoms with E-state index in [1.54, 1.807) is 23.4 Å². The van der Waals surface area contributed by atoms with Gasteiger partial charge in [0.25, 0.3) is 0 Å². The van der Waals surface area contributed by atoms with Crippen LogP contribution in [0.3, 0.4) is 0 Å². The Labute approximate surface area is 180 Å². The van der Waals surface area contributed by atoms with Crippen LogP contribution < -0.4 is 15.0 Å². The van der Waals surface area contributed by atoms with Crippen LogP contribution in [0, 0.1) is 11.8 Å². The van der Waals surface area contributed by atoms with E-state index >= 15 is 0 Å². The highest BCUT2D eigenvalue weighted by molar-refractivity contribution is 6.02. The van der Waals surface area contributed by atoms with Crippen molar-refractivity contribution in [3.05, 3.63) is 42.7 Å². The summed E-state index contributed by atoms with van der Waals surface area (Å²) in [5.74, 6) is 0.864. The van der Waals surface area contributed by atoms with E-state index in [4.69, 9.17) is 9.47 Å². The van der Waals surface area contributed by atoms with Crippen LogP contribution in [-0.2, 0) is 14.3 Å². The van der Waals surface area contributed by atoms with Crippen molar-refractivity contribution in [3.8, 4) is 5.75 Å². The van der Waals surface area contributed by atoms with E-state index in [1.165, 1.54) is 0 Å². The molecule has 0 radical (unpaired) electrons. The van der Waals surface area contributed by atoms with Gasteiger partial charge in [-0.15, -0.1) is 0 Å². The second-order valence-corrected chi connectivity index (χ2v) is 8.17. The summed E-state index contributed by atoms with van der Waals surface area (Å²) in [5.41, 5.74) is 1.44. The number of benzene rings is 1. The molecule has 3 aliphatic heterocycles. The molecule has 9 nitrogen and oxygen atoms in total. The topological polar surface area (TPSA) is 96.9 Å². The van der Waals surface area contributed by atoms with Crippen LogP contribution >= 0.6 is 0 Å². The second-order valence-electron chi connectivity index (χ2n) is 8.17. The Morgan fingerprint density at radius 3 is 2.48 bits per heavy atom. The third-order valence-electron chi connectivity index (χ3n) is 6.01. The summed E-state index contributed by atoms with van der Waals surface area (Å²) >= 11 is 0. The summed E-state index contributed by atoms with van der Waals surface area (Å²) in [5, 5.41) is 10.9. The molecule has 2 amide bonds. The molecule has 0 bridgehead atoms. The molecule has 4 heterocycles. The molecule has 31 heavy (non-hydrogen) atoms. The van der Waals surface area contributed by atoms with Crippen molar-refractivity contribution in [1.82, 2.24) is 20.4 Å². The lowest BCUT2D eigenvalue weighted by Gasteiger charge is -2.40. The number of nitrogens with zero attached hydrogens (tertiary/aromatic N) is 4. The molecule has 1 N–H and O–H groups in total. The fourth-order valence-corrected chi connectivity index (χ4v) is 4.01. The van der Waals surface area contributed by atoms with Gasteiger partial charge in [-0.25, -0.2) is 0 Å². The van der Waals surface area contributed by atoms with E-state index in [0.29, 0.717) is 45.1 Å². The number of rotatable bonds is 6. The third-order valence-corrected chi connectivity index (χ3v) is 6.01. The zero-order valence-electron chi connectivity index (χ0n) is 17.1. The molecule has 2 aromatic rings. The fourth-order valence-electron chi connectivity index (χ4n) is 4.01. The number of anilines is 2. The summed E-state index contributed by atoms with van der Waals surface area (Å²) in [7, 11) is 0. The van der Waals surface area contributed by atoms with E-state index in [0.717, 1.165) is 17.9 Å². The summed E-state index contributed by atoms with van der Waals surface area (Å²) in [6.45, 7) is 3.75. The highest BCUT2D eigenvalue weighted by atomic mass is 16.5. The van der Waals surface area contributed by atoms with Gasteiger partial charge >= 0.3 is 0 Å². The van der Waals surface area contributed by atoms with Gasteiger partial charge < -0.3 is 19.7 Å². The number of likely N-dealkylation sites (tertiary alicyclic amines) is 1. The molecule has 1 aromatic heterocycles. The van der Waals surface area contributed by atoms with Crippen LogP contribution in [0.5, 0.6) is 5.75 Å². The summed E-state index contributed by atoms with van der Waals surface area (Å²) in [6.07, 6.45) is 3.96. The Bertz CT molecular complexity index is 923. The minimum atomic E-state index is -0.0483. The maximum atomic E-state index is 13.0. The minimum Gasteiger partial charge on any atom is -0.487 e. The number of hydrogen-bond donors (Lipinski definition) is 1. The van der Waals surface area contributed by atoms with Crippen LogP contribution in [0.25, 0.3) is 0 Å². The number of amides is 2. The molecule has 3 fully saturated rings. The molecular weight excluding hydrogens is 398 g/mol. The molecule has 9 heteroatoms. The van der Waals surface area contributed by atoms with Gasteiger partial charge in [0.15, 0.2) is 0 Å². The zero-order chi connectivity index (χ0) is 21.2. The van der Waals surface area contributed by atoms with Gasteiger partial charge in [-0.2, -0.15) is 10.2 Å². The predicted molar refractivity (Wildman–Crippen MR) is 112 cm³/mol. The average Bonchev–Trinajstić information content (AvgIpc) is 3.26. The number of carbonyl (C=O) groups excluding carboxylic acids is 2. The van der Waals surface area contributed by atoms with Crippen molar-refractivity contribution in [2.45, 2.75) is 12.5 Å². The summed E-state index contributed by atoms with van der Waals surface area (Å²) in [6, 6.07) is 9.24. The molecule has 1 atom stereocenters. The summed E-state index contributed by atoms with van der Waals surface area (Å²) in [4.78, 5) is 28.9. The maximum absolute atomic E-state index is 13.0. The smallest absolute Gasteiger partial charge is 0.237 e. The van der Waals surface area contributed by atoms with E-state index in [2.05, 4.69) is 15.5 Å². The lowest BCUT2D eigenvalue weighted by atomic mass is 10.0. The Balaban J connectivity index is 1.22. The predicted octanol–water partition coefficient (Wildman–Crippen LogP) is 0.987. The van der Waals surface area contributed by atoms with E-state index in [9.17, 15) is 9.59 Å². The Morgan fingerprint density at radius 2 is 1.87 bits per heavy atom. The first-order valence-electron chi connectivity index (χ1n) is 10.6. The van der Waals surface area contributed by atoms with E-state index in [1.807, 2.05) is 29.2 Å². The molecule has 3 saturated heterocycles. The first-order valence-corrected chi connectivity index (χ1v) is 10.6. The van der Waals surface area contributed by atoms with E-state index in [-0.39, 0.29) is 29.8 Å². The van der Waals surface area contributed by atoms with Gasteiger partial charge in [0.1, 0.15) is 11.9 Å². The quantitative estimate of drug-likeness (QED) is 0.740. The van der Waals surface area contributed by atoms with Gasteiger partial charge in [0.05, 0.1) is 49.6 Å². The fraction of sp³-hybridized carbons (Fsp3) is 0.455. The molecule has 0 aliphatic carbocycles. The highest BCUT2D eigenvalue weighted by Crippen LogP contribution is 2.30. The molecular formula is C22H25N5O4. The minimum absolute atomic E-state index is 0.00250. The SMILES string of the molecule is O=C(C1CCOC1)N1CC(Oc2ccc(N(C(=O)C3CNC3)c3ccnnc3)cc2)C1. The van der Waals surface area contributed by atoms with Gasteiger partial charge in [0.2, 0.25) is 11.8 Å². The van der Waals surface area contributed by atoms with Gasteiger partial charge in [0, 0.05) is 25.4 Å². The molecule has 1 aromatic carbocycles. The Hall–Kier alpha value is -3.04. The molecule has 0 spiro atoms. The molecule has 5 rings (SSSR count). The van der Waals surface area contributed by atoms with Crippen molar-refractivity contribution in [2.24, 2.45) is 11.8 Å². The first-order chi connectivity index (χ1) is 15.2. The van der Waals surface area contributed by atoms with Gasteiger partial charge in [-0.3, -0.25) is 14.5 Å². The number of carbonyl (C=O) groups is 2. The standard InChI is InChI=1S/C22H25N5O4/c28-21(15-6-8-30-14-15)26-12-20(13-26)31-19-3-1-17(2-4-19)27(18-5-7-24-25-11-18)22(29)16-9-23-10-16/h1-5,7,11,15-16,20,23H,6,8-10,12-14H2. The van der Waals surface area contributed by atoms with Crippen molar-refractivity contribution >= 4 is 23.2 Å². The van der Waals surface area contributed by atoms with E-state index < -0.39 is 0 Å². The lowest BCUT2D eigenvalue weighted by molar-refractivity contribution is -0.144. The van der Waals surface area contributed by atoms with Crippen molar-refractivity contribution in [2.75, 3.05) is 44.3 Å². The molecule has 1 unspecified atom stereocenters.